The van der Waals surface area contributed by atoms with Crippen LogP contribution in [0.15, 0.2) is 23.1 Å². The summed E-state index contributed by atoms with van der Waals surface area (Å²) in [6.07, 6.45) is 4.24. The van der Waals surface area contributed by atoms with Crippen molar-refractivity contribution in [2.75, 3.05) is 50.5 Å². The van der Waals surface area contributed by atoms with Crippen molar-refractivity contribution < 1.29 is 18.0 Å². The molecule has 2 aliphatic heterocycles. The van der Waals surface area contributed by atoms with Crippen molar-refractivity contribution >= 4 is 33.2 Å². The maximum atomic E-state index is 13.2. The normalized spacial score (nSPS) is 20.4. The molecule has 2 aliphatic rings. The zero-order valence-electron chi connectivity index (χ0n) is 20.6. The highest BCUT2D eigenvalue weighted by molar-refractivity contribution is 7.89. The van der Waals surface area contributed by atoms with Gasteiger partial charge in [-0.25, -0.2) is 8.42 Å². The first-order valence-corrected chi connectivity index (χ1v) is 13.3. The van der Waals surface area contributed by atoms with Gasteiger partial charge in [0.1, 0.15) is 0 Å². The van der Waals surface area contributed by atoms with Crippen molar-refractivity contribution in [3.63, 3.8) is 0 Å². The van der Waals surface area contributed by atoms with Gasteiger partial charge in [0, 0.05) is 45.7 Å². The predicted molar refractivity (Wildman–Crippen MR) is 131 cm³/mol. The number of anilines is 2. The second kappa shape index (κ2) is 10.0. The summed E-state index contributed by atoms with van der Waals surface area (Å²) < 4.78 is 27.9. The molecule has 2 saturated heterocycles. The molecule has 0 radical (unpaired) electrons. The molecule has 0 spiro atoms. The molecule has 1 aromatic carbocycles. The lowest BCUT2D eigenvalue weighted by molar-refractivity contribution is -0.142. The van der Waals surface area contributed by atoms with E-state index in [2.05, 4.69) is 5.32 Å². The minimum absolute atomic E-state index is 0.0450. The van der Waals surface area contributed by atoms with Gasteiger partial charge in [0.25, 0.3) is 0 Å². The SMILES string of the molecule is CN(C)c1ccc(S(=O)(=O)N2CCCCC2)cc1NC(=O)C1CCCN(C(=O)C(C)(C)C)C1. The van der Waals surface area contributed by atoms with Gasteiger partial charge in [0.05, 0.1) is 22.2 Å². The molecule has 33 heavy (non-hydrogen) atoms. The van der Waals surface area contributed by atoms with E-state index in [0.29, 0.717) is 38.3 Å². The highest BCUT2D eigenvalue weighted by Gasteiger charge is 2.34. The molecule has 1 aromatic rings. The second-order valence-electron chi connectivity index (χ2n) is 10.4. The van der Waals surface area contributed by atoms with E-state index in [0.717, 1.165) is 31.4 Å². The van der Waals surface area contributed by atoms with Crippen molar-refractivity contribution in [3.8, 4) is 0 Å². The van der Waals surface area contributed by atoms with Crippen molar-refractivity contribution in [2.45, 2.75) is 57.8 Å². The number of nitrogens with zero attached hydrogens (tertiary/aromatic N) is 3. The van der Waals surface area contributed by atoms with Gasteiger partial charge in [0.15, 0.2) is 0 Å². The zero-order valence-corrected chi connectivity index (χ0v) is 21.4. The summed E-state index contributed by atoms with van der Waals surface area (Å²) in [6.45, 7) is 7.75. The molecule has 3 rings (SSSR count). The van der Waals surface area contributed by atoms with Crippen LogP contribution in [0.25, 0.3) is 0 Å². The van der Waals surface area contributed by atoms with Crippen LogP contribution in [-0.2, 0) is 19.6 Å². The van der Waals surface area contributed by atoms with Crippen LogP contribution in [0.1, 0.15) is 52.9 Å². The Morgan fingerprint density at radius 2 is 1.70 bits per heavy atom. The summed E-state index contributed by atoms with van der Waals surface area (Å²) in [5, 5.41) is 2.97. The van der Waals surface area contributed by atoms with Crippen LogP contribution in [0.5, 0.6) is 0 Å². The summed E-state index contributed by atoms with van der Waals surface area (Å²) in [6, 6.07) is 4.92. The maximum Gasteiger partial charge on any atom is 0.243 e. The van der Waals surface area contributed by atoms with Gasteiger partial charge in [-0.2, -0.15) is 4.31 Å². The van der Waals surface area contributed by atoms with E-state index in [1.807, 2.05) is 39.8 Å². The van der Waals surface area contributed by atoms with Crippen LogP contribution in [0.2, 0.25) is 0 Å². The number of hydrogen-bond acceptors (Lipinski definition) is 5. The lowest BCUT2D eigenvalue weighted by atomic mass is 9.91. The van der Waals surface area contributed by atoms with Crippen molar-refractivity contribution in [2.24, 2.45) is 11.3 Å². The number of hydrogen-bond donors (Lipinski definition) is 1. The molecular weight excluding hydrogens is 440 g/mol. The number of amides is 2. The lowest BCUT2D eigenvalue weighted by Crippen LogP contribution is -2.47. The number of piperidine rings is 2. The zero-order chi connectivity index (χ0) is 24.4. The highest BCUT2D eigenvalue weighted by atomic mass is 32.2. The first-order chi connectivity index (χ1) is 15.4. The predicted octanol–water partition coefficient (Wildman–Crippen LogP) is 3.15. The summed E-state index contributed by atoms with van der Waals surface area (Å²) in [5.74, 6) is -0.469. The Bertz CT molecular complexity index is 979. The average Bonchev–Trinajstić information content (AvgIpc) is 2.78. The lowest BCUT2D eigenvalue weighted by Gasteiger charge is -2.36. The Hall–Kier alpha value is -2.13. The third kappa shape index (κ3) is 5.87. The Morgan fingerprint density at radius 1 is 1.03 bits per heavy atom. The third-order valence-corrected chi connectivity index (χ3v) is 8.28. The largest absolute Gasteiger partial charge is 0.376 e. The molecule has 0 bridgehead atoms. The quantitative estimate of drug-likeness (QED) is 0.702. The van der Waals surface area contributed by atoms with Crippen LogP contribution < -0.4 is 10.2 Å². The Morgan fingerprint density at radius 3 is 2.30 bits per heavy atom. The fourth-order valence-corrected chi connectivity index (χ4v) is 6.05. The molecule has 1 unspecified atom stereocenters. The van der Waals surface area contributed by atoms with Gasteiger partial charge >= 0.3 is 0 Å². The molecule has 0 saturated carbocycles. The molecule has 0 aromatic heterocycles. The minimum atomic E-state index is -3.61. The first-order valence-electron chi connectivity index (χ1n) is 11.8. The molecule has 1 atom stereocenters. The summed E-state index contributed by atoms with van der Waals surface area (Å²) in [4.78, 5) is 29.7. The fourth-order valence-electron chi connectivity index (χ4n) is 4.50. The van der Waals surface area contributed by atoms with Gasteiger partial charge in [-0.1, -0.05) is 27.2 Å². The van der Waals surface area contributed by atoms with Crippen molar-refractivity contribution in [1.82, 2.24) is 9.21 Å². The van der Waals surface area contributed by atoms with Gasteiger partial charge in [-0.3, -0.25) is 9.59 Å². The van der Waals surface area contributed by atoms with Gasteiger partial charge in [0.2, 0.25) is 21.8 Å². The van der Waals surface area contributed by atoms with Gasteiger partial charge in [-0.15, -0.1) is 0 Å². The van der Waals surface area contributed by atoms with Crippen LogP contribution in [0.4, 0.5) is 11.4 Å². The van der Waals surface area contributed by atoms with Crippen LogP contribution in [0, 0.1) is 11.3 Å². The van der Waals surface area contributed by atoms with E-state index in [4.69, 9.17) is 0 Å². The number of rotatable bonds is 5. The van der Waals surface area contributed by atoms with E-state index in [9.17, 15) is 18.0 Å². The Kier molecular flexibility index (Phi) is 7.73. The monoisotopic (exact) mass is 478 g/mol. The topological polar surface area (TPSA) is 90.0 Å². The first kappa shape index (κ1) is 25.5. The van der Waals surface area contributed by atoms with E-state index >= 15 is 0 Å². The third-order valence-electron chi connectivity index (χ3n) is 6.38. The maximum absolute atomic E-state index is 13.2. The second-order valence-corrected chi connectivity index (χ2v) is 12.3. The standard InChI is InChI=1S/C24H38N4O4S/c1-24(2,3)23(30)27-13-9-10-18(17-27)22(29)25-20-16-19(11-12-21(20)26(4)5)33(31,32)28-14-7-6-8-15-28/h11-12,16,18H,6-10,13-15,17H2,1-5H3,(H,25,29). The summed E-state index contributed by atoms with van der Waals surface area (Å²) >= 11 is 0. The summed E-state index contributed by atoms with van der Waals surface area (Å²) in [5.41, 5.74) is 0.717. The Balaban J connectivity index is 1.82. The van der Waals surface area contributed by atoms with Crippen LogP contribution in [0.3, 0.4) is 0 Å². The molecule has 2 heterocycles. The van der Waals surface area contributed by atoms with Crippen LogP contribution in [-0.4, -0.2) is 69.7 Å². The van der Waals surface area contributed by atoms with Crippen LogP contribution >= 0.6 is 0 Å². The smallest absolute Gasteiger partial charge is 0.243 e. The highest BCUT2D eigenvalue weighted by Crippen LogP contribution is 2.31. The molecule has 8 nitrogen and oxygen atoms in total. The number of benzene rings is 1. The van der Waals surface area contributed by atoms with E-state index in [-0.39, 0.29) is 22.6 Å². The van der Waals surface area contributed by atoms with E-state index in [1.165, 1.54) is 4.31 Å². The number of carbonyl (C=O) groups is 2. The van der Waals surface area contributed by atoms with E-state index in [1.54, 1.807) is 23.1 Å². The minimum Gasteiger partial charge on any atom is -0.376 e. The molecule has 0 aliphatic carbocycles. The van der Waals surface area contributed by atoms with Crippen molar-refractivity contribution in [3.05, 3.63) is 18.2 Å². The van der Waals surface area contributed by atoms with E-state index < -0.39 is 15.4 Å². The number of sulfonamides is 1. The summed E-state index contributed by atoms with van der Waals surface area (Å²) in [7, 11) is 0.0972. The van der Waals surface area contributed by atoms with Crippen molar-refractivity contribution in [1.29, 1.82) is 0 Å². The molecule has 9 heteroatoms. The molecule has 2 fully saturated rings. The number of nitrogens with one attached hydrogen (secondary N) is 1. The average molecular weight is 479 g/mol. The molecule has 184 valence electrons. The molecule has 1 N–H and O–H groups in total. The van der Waals surface area contributed by atoms with Gasteiger partial charge in [-0.05, 0) is 43.9 Å². The molecular formula is C24H38N4O4S. The van der Waals surface area contributed by atoms with Gasteiger partial charge < -0.3 is 15.1 Å². The fraction of sp³-hybridized carbons (Fsp3) is 0.667. The molecule has 2 amide bonds. The Labute approximate surface area is 198 Å². The number of carbonyl (C=O) groups excluding carboxylic acids is 2. The number of likely N-dealkylation sites (tertiary alicyclic amines) is 1.